The molecule has 2 N–H and O–H groups in total. The van der Waals surface area contributed by atoms with E-state index in [9.17, 15) is 9.59 Å². The van der Waals surface area contributed by atoms with Gasteiger partial charge in [0.05, 0.1) is 12.5 Å². The van der Waals surface area contributed by atoms with E-state index in [2.05, 4.69) is 11.4 Å². The Balaban J connectivity index is 1.70. The van der Waals surface area contributed by atoms with Crippen molar-refractivity contribution >= 4 is 11.9 Å². The molecule has 2 rings (SSSR count). The average Bonchev–Trinajstić information content (AvgIpc) is 2.92. The molecule has 2 atom stereocenters. The van der Waals surface area contributed by atoms with Gasteiger partial charge >= 0.3 is 5.97 Å². The summed E-state index contributed by atoms with van der Waals surface area (Å²) in [7, 11) is 0. The van der Waals surface area contributed by atoms with E-state index >= 15 is 0 Å². The number of aryl methyl sites for hydroxylation is 2. The van der Waals surface area contributed by atoms with Crippen LogP contribution in [0.1, 0.15) is 30.4 Å². The first-order valence-corrected chi connectivity index (χ1v) is 7.67. The number of hydrogen-bond donors (Lipinski definition) is 2. The van der Waals surface area contributed by atoms with Gasteiger partial charge in [0.25, 0.3) is 0 Å². The van der Waals surface area contributed by atoms with Crippen molar-refractivity contribution in [1.82, 2.24) is 5.32 Å². The Morgan fingerprint density at radius 1 is 1.18 bits per heavy atom. The fourth-order valence-corrected chi connectivity index (χ4v) is 2.95. The molecule has 1 saturated carbocycles. The first kappa shape index (κ1) is 16.3. The van der Waals surface area contributed by atoms with Crippen molar-refractivity contribution in [3.63, 3.8) is 0 Å². The van der Waals surface area contributed by atoms with Gasteiger partial charge in [0.1, 0.15) is 12.4 Å². The predicted octanol–water partition coefficient (Wildman–Crippen LogP) is 2.30. The van der Waals surface area contributed by atoms with Crippen molar-refractivity contribution in [2.24, 2.45) is 11.8 Å². The number of carbonyl (C=O) groups excluding carboxylic acids is 1. The first-order valence-electron chi connectivity index (χ1n) is 7.67. The Hall–Kier alpha value is -2.04. The topological polar surface area (TPSA) is 75.6 Å². The number of nitrogens with one attached hydrogen (secondary N) is 1. The van der Waals surface area contributed by atoms with Crippen LogP contribution in [-0.4, -0.2) is 30.1 Å². The molecule has 0 unspecified atom stereocenters. The van der Waals surface area contributed by atoms with Gasteiger partial charge in [-0.2, -0.15) is 0 Å². The molecule has 1 aliphatic carbocycles. The predicted molar refractivity (Wildman–Crippen MR) is 82.9 cm³/mol. The summed E-state index contributed by atoms with van der Waals surface area (Å²) in [4.78, 5) is 22.9. The monoisotopic (exact) mass is 305 g/mol. The normalized spacial score (nSPS) is 20.6. The minimum absolute atomic E-state index is 0.0622. The molecule has 0 aromatic heterocycles. The molecule has 0 heterocycles. The van der Waals surface area contributed by atoms with Crippen molar-refractivity contribution in [3.05, 3.63) is 29.3 Å². The molecule has 1 aliphatic rings. The van der Waals surface area contributed by atoms with Crippen LogP contribution in [0.2, 0.25) is 0 Å². The molecule has 0 radical (unpaired) electrons. The Morgan fingerprint density at radius 2 is 1.82 bits per heavy atom. The zero-order valence-electron chi connectivity index (χ0n) is 13.1. The Kier molecular flexibility index (Phi) is 5.41. The molecule has 1 aromatic rings. The van der Waals surface area contributed by atoms with Crippen molar-refractivity contribution < 1.29 is 19.4 Å². The summed E-state index contributed by atoms with van der Waals surface area (Å²) in [6.45, 7) is 4.87. The van der Waals surface area contributed by atoms with Crippen molar-refractivity contribution in [2.75, 3.05) is 13.2 Å². The third-order valence-corrected chi connectivity index (χ3v) is 4.02. The summed E-state index contributed by atoms with van der Waals surface area (Å²) in [5.74, 6) is -0.607. The van der Waals surface area contributed by atoms with E-state index in [0.717, 1.165) is 16.9 Å². The van der Waals surface area contributed by atoms with Crippen LogP contribution < -0.4 is 10.1 Å². The van der Waals surface area contributed by atoms with Crippen LogP contribution in [0.15, 0.2) is 18.2 Å². The number of hydrogen-bond acceptors (Lipinski definition) is 3. The maximum Gasteiger partial charge on any atom is 0.306 e. The number of carboxylic acids is 1. The average molecular weight is 305 g/mol. The van der Waals surface area contributed by atoms with Crippen LogP contribution in [-0.2, 0) is 9.59 Å². The third kappa shape index (κ3) is 4.48. The first-order chi connectivity index (χ1) is 10.5. The Bertz CT molecular complexity index is 535. The van der Waals surface area contributed by atoms with Crippen LogP contribution in [0.25, 0.3) is 0 Å². The molecule has 120 valence electrons. The van der Waals surface area contributed by atoms with Gasteiger partial charge in [0.2, 0.25) is 5.91 Å². The minimum atomic E-state index is -0.798. The van der Waals surface area contributed by atoms with E-state index in [0.29, 0.717) is 32.4 Å². The van der Waals surface area contributed by atoms with Crippen molar-refractivity contribution in [3.8, 4) is 5.75 Å². The molecular weight excluding hydrogens is 282 g/mol. The Morgan fingerprint density at radius 3 is 2.41 bits per heavy atom. The molecule has 0 spiro atoms. The van der Waals surface area contributed by atoms with Gasteiger partial charge in [-0.25, -0.2) is 0 Å². The quantitative estimate of drug-likeness (QED) is 0.791. The van der Waals surface area contributed by atoms with E-state index in [-0.39, 0.29) is 17.7 Å². The van der Waals surface area contributed by atoms with Gasteiger partial charge in [0.15, 0.2) is 0 Å². The van der Waals surface area contributed by atoms with E-state index in [4.69, 9.17) is 9.84 Å². The van der Waals surface area contributed by atoms with Gasteiger partial charge in [-0.3, -0.25) is 9.59 Å². The zero-order chi connectivity index (χ0) is 16.1. The summed E-state index contributed by atoms with van der Waals surface area (Å²) in [5.41, 5.74) is 2.29. The highest BCUT2D eigenvalue weighted by molar-refractivity contribution is 5.80. The lowest BCUT2D eigenvalue weighted by Gasteiger charge is -2.12. The number of amides is 1. The second-order valence-corrected chi connectivity index (χ2v) is 6.01. The molecule has 5 nitrogen and oxygen atoms in total. The summed E-state index contributed by atoms with van der Waals surface area (Å²) < 4.78 is 5.63. The highest BCUT2D eigenvalue weighted by Crippen LogP contribution is 2.31. The standard InChI is InChI=1S/C17H23NO4/c1-11-7-12(2)9-15(8-11)22-6-5-18-16(19)13-3-4-14(10-13)17(20)21/h7-9,13-14H,3-6,10H2,1-2H3,(H,18,19)(H,20,21)/t13-,14+/m1/s1. The summed E-state index contributed by atoms with van der Waals surface area (Å²) >= 11 is 0. The summed E-state index contributed by atoms with van der Waals surface area (Å²) in [6.07, 6.45) is 1.69. The number of aliphatic carboxylic acids is 1. The fourth-order valence-electron chi connectivity index (χ4n) is 2.95. The molecule has 5 heteroatoms. The smallest absolute Gasteiger partial charge is 0.306 e. The van der Waals surface area contributed by atoms with Gasteiger partial charge in [-0.1, -0.05) is 6.07 Å². The lowest BCUT2D eigenvalue weighted by Crippen LogP contribution is -2.33. The molecular formula is C17H23NO4. The number of benzene rings is 1. The summed E-state index contributed by atoms with van der Waals surface area (Å²) in [6, 6.07) is 6.00. The Labute approximate surface area is 130 Å². The lowest BCUT2D eigenvalue weighted by atomic mass is 10.0. The molecule has 0 aliphatic heterocycles. The SMILES string of the molecule is Cc1cc(C)cc(OCCNC(=O)[C@@H]2CC[C@H](C(=O)O)C2)c1. The van der Waals surface area contributed by atoms with Gasteiger partial charge in [0, 0.05) is 5.92 Å². The number of carbonyl (C=O) groups is 2. The molecule has 1 amide bonds. The van der Waals surface area contributed by atoms with E-state index < -0.39 is 5.97 Å². The maximum absolute atomic E-state index is 12.0. The highest BCUT2D eigenvalue weighted by Gasteiger charge is 2.33. The van der Waals surface area contributed by atoms with Crippen LogP contribution in [0.3, 0.4) is 0 Å². The van der Waals surface area contributed by atoms with Gasteiger partial charge in [-0.05, 0) is 56.4 Å². The second-order valence-electron chi connectivity index (χ2n) is 6.01. The molecule has 22 heavy (non-hydrogen) atoms. The van der Waals surface area contributed by atoms with Crippen LogP contribution in [0.4, 0.5) is 0 Å². The van der Waals surface area contributed by atoms with Crippen LogP contribution >= 0.6 is 0 Å². The molecule has 1 fully saturated rings. The van der Waals surface area contributed by atoms with E-state index in [1.165, 1.54) is 0 Å². The van der Waals surface area contributed by atoms with Crippen molar-refractivity contribution in [2.45, 2.75) is 33.1 Å². The molecule has 0 saturated heterocycles. The minimum Gasteiger partial charge on any atom is -0.492 e. The largest absolute Gasteiger partial charge is 0.492 e. The molecule has 0 bridgehead atoms. The van der Waals surface area contributed by atoms with E-state index in [1.54, 1.807) is 0 Å². The van der Waals surface area contributed by atoms with Crippen LogP contribution in [0.5, 0.6) is 5.75 Å². The lowest BCUT2D eigenvalue weighted by molar-refractivity contribution is -0.141. The molecule has 1 aromatic carbocycles. The van der Waals surface area contributed by atoms with Crippen molar-refractivity contribution in [1.29, 1.82) is 0 Å². The van der Waals surface area contributed by atoms with E-state index in [1.807, 2.05) is 26.0 Å². The van der Waals surface area contributed by atoms with Gasteiger partial charge < -0.3 is 15.2 Å². The zero-order valence-corrected chi connectivity index (χ0v) is 13.1. The fraction of sp³-hybridized carbons (Fsp3) is 0.529. The highest BCUT2D eigenvalue weighted by atomic mass is 16.5. The maximum atomic E-state index is 12.0. The number of ether oxygens (including phenoxy) is 1. The number of carboxylic acid groups (broad SMARTS) is 1. The van der Waals surface area contributed by atoms with Crippen LogP contribution in [0, 0.1) is 25.7 Å². The van der Waals surface area contributed by atoms with Gasteiger partial charge in [-0.15, -0.1) is 0 Å². The third-order valence-electron chi connectivity index (χ3n) is 4.02. The number of rotatable bonds is 6. The second kappa shape index (κ2) is 7.29. The summed E-state index contributed by atoms with van der Waals surface area (Å²) in [5, 5.41) is 11.8.